The van der Waals surface area contributed by atoms with Crippen molar-refractivity contribution in [1.82, 2.24) is 40.9 Å². The number of carbonyl (C=O) groups excluding carboxylic acids is 4. The SMILES string of the molecule is CC1(C)C(/C=C/C=C/C=C/C=C2\N(CCCCS(=O)(=O)O)c3ccc4ccccc4c3C2(C)C)=[N+](CCCCCC(=O)NC(CCCCNC(=O)CN2CCN(CC(=O)O)CCN(CC(=O)O)CCN(CC(=O)O)CC2)C(=O)NCCNC(=O)CI)c2ccc3ccccc3c21. The van der Waals surface area contributed by atoms with E-state index in [1.54, 1.807) is 14.7 Å². The smallest absolute Gasteiger partial charge is 0.317 e. The van der Waals surface area contributed by atoms with E-state index in [2.05, 4.69) is 143 Å². The highest BCUT2D eigenvalue weighted by Crippen LogP contribution is 2.51. The number of carbonyl (C=O) groups is 7. The van der Waals surface area contributed by atoms with E-state index in [9.17, 15) is 61.9 Å². The van der Waals surface area contributed by atoms with Gasteiger partial charge in [-0.1, -0.05) is 121 Å². The Morgan fingerprint density at radius 3 is 1.71 bits per heavy atom. The average molecular weight is 1460 g/mol. The van der Waals surface area contributed by atoms with E-state index in [1.165, 1.54) is 21.9 Å². The second-order valence-electron chi connectivity index (χ2n) is 25.8. The van der Waals surface area contributed by atoms with Crippen LogP contribution in [0.1, 0.15) is 96.6 Å². The average Bonchev–Trinajstić information content (AvgIpc) is 1.58. The summed E-state index contributed by atoms with van der Waals surface area (Å²) in [6.45, 7) is 12.2. The molecule has 4 aromatic rings. The third-order valence-corrected chi connectivity index (χ3v) is 19.4. The summed E-state index contributed by atoms with van der Waals surface area (Å²) in [5.41, 5.74) is 6.24. The van der Waals surface area contributed by atoms with Gasteiger partial charge in [-0.15, -0.1) is 0 Å². The lowest BCUT2D eigenvalue weighted by Crippen LogP contribution is -2.49. The van der Waals surface area contributed by atoms with Crippen LogP contribution in [0.3, 0.4) is 0 Å². The van der Waals surface area contributed by atoms with Crippen LogP contribution in [0.2, 0.25) is 0 Å². The number of alkyl halides is 1. The predicted molar refractivity (Wildman–Crippen MR) is 383 cm³/mol. The van der Waals surface area contributed by atoms with Crippen molar-refractivity contribution in [3.05, 3.63) is 132 Å². The molecular formula is C71H96IN10O13S+. The minimum Gasteiger partial charge on any atom is -0.480 e. The number of rotatable bonds is 34. The first-order valence-electron chi connectivity index (χ1n) is 33.2. The van der Waals surface area contributed by atoms with Crippen LogP contribution < -0.4 is 26.2 Å². The Hall–Kier alpha value is -7.40. The molecule has 23 nitrogen and oxygen atoms in total. The zero-order chi connectivity index (χ0) is 69.4. The van der Waals surface area contributed by atoms with Crippen LogP contribution in [0, 0.1) is 0 Å². The lowest BCUT2D eigenvalue weighted by atomic mass is 9.79. The summed E-state index contributed by atoms with van der Waals surface area (Å²) < 4.78 is 35.2. The maximum Gasteiger partial charge on any atom is 0.317 e. The number of fused-ring (bicyclic) bond motifs is 6. The van der Waals surface area contributed by atoms with E-state index in [0.29, 0.717) is 58.3 Å². The standard InChI is InChI=1S/C71H95IN10O13S/c1-70(2)59(26-9-6-5-7-10-27-60-71(3,4)68-55-24-15-13-22-53(55)30-32-58(68)82(60)37-19-20-46-96(93,94)95)81(57-31-29-52-21-12-14-23-54(52)67(57)70)36-18-8-11-28-61(83)76-56(69(92)75-35-34-74-62(84)47-72)25-16-17-33-73-63(85)48-77-38-40-78(49-64(86)87)42-44-80(51-66(90)91)45-43-79(41-39-77)50-65(88)89/h5-7,9-10,12-15,21-24,26-27,29-32,56H,8,11,16-20,25,28,33-51H2,1-4H3,(H7-,73,74,75,76,83,84,85,86,87,88,89,90,91,92,93,94,95)/p+1. The second kappa shape index (κ2) is 36.8. The fourth-order valence-corrected chi connectivity index (χ4v) is 14.0. The fourth-order valence-electron chi connectivity index (χ4n) is 13.2. The number of carboxylic acid groups (broad SMARTS) is 3. The first-order valence-corrected chi connectivity index (χ1v) is 36.3. The zero-order valence-corrected chi connectivity index (χ0v) is 58.8. The first-order chi connectivity index (χ1) is 45.9. The summed E-state index contributed by atoms with van der Waals surface area (Å²) >= 11 is 1.96. The third-order valence-electron chi connectivity index (χ3n) is 17.9. The number of anilines is 1. The van der Waals surface area contributed by atoms with Crippen LogP contribution >= 0.6 is 22.6 Å². The Balaban J connectivity index is 0.957. The van der Waals surface area contributed by atoms with Gasteiger partial charge < -0.3 is 41.5 Å². The molecule has 1 atom stereocenters. The number of benzene rings is 4. The Labute approximate surface area is 577 Å². The van der Waals surface area contributed by atoms with Crippen LogP contribution in [0.15, 0.2) is 121 Å². The third kappa shape index (κ3) is 22.6. The molecule has 3 heterocycles. The molecule has 8 N–H and O–H groups in total. The van der Waals surface area contributed by atoms with E-state index in [4.69, 9.17) is 0 Å². The normalized spacial score (nSPS) is 17.4. The molecule has 0 aromatic heterocycles. The molecule has 3 aliphatic heterocycles. The van der Waals surface area contributed by atoms with Gasteiger partial charge in [0.05, 0.1) is 41.8 Å². The van der Waals surface area contributed by atoms with Gasteiger partial charge in [-0.05, 0) is 104 Å². The van der Waals surface area contributed by atoms with Crippen molar-refractivity contribution in [3.8, 4) is 0 Å². The van der Waals surface area contributed by atoms with E-state index >= 15 is 0 Å². The van der Waals surface area contributed by atoms with Crippen LogP contribution in [0.25, 0.3) is 21.5 Å². The van der Waals surface area contributed by atoms with Crippen molar-refractivity contribution in [1.29, 1.82) is 0 Å². The maximum absolute atomic E-state index is 13.7. The van der Waals surface area contributed by atoms with Crippen LogP contribution in [0.4, 0.5) is 11.4 Å². The number of amides is 4. The summed E-state index contributed by atoms with van der Waals surface area (Å²) in [6.07, 6.45) is 18.9. The van der Waals surface area contributed by atoms with E-state index < -0.39 is 34.1 Å². The number of unbranched alkanes of at least 4 members (excludes halogenated alkanes) is 4. The molecule has 25 heteroatoms. The van der Waals surface area contributed by atoms with Crippen molar-refractivity contribution < 1.29 is 66.4 Å². The fraction of sp³-hybridized carbons (Fsp3) is 0.493. The largest absolute Gasteiger partial charge is 0.480 e. The van der Waals surface area contributed by atoms with Gasteiger partial charge in [0.25, 0.3) is 10.1 Å². The second-order valence-corrected chi connectivity index (χ2v) is 28.1. The van der Waals surface area contributed by atoms with E-state index in [0.717, 1.165) is 46.4 Å². The Bertz CT molecular complexity index is 3650. The Kier molecular flexibility index (Phi) is 29.1. The lowest BCUT2D eigenvalue weighted by Gasteiger charge is -2.32. The van der Waals surface area contributed by atoms with Gasteiger partial charge in [0.1, 0.15) is 12.6 Å². The van der Waals surface area contributed by atoms with Gasteiger partial charge in [0.2, 0.25) is 29.3 Å². The predicted octanol–water partition coefficient (Wildman–Crippen LogP) is 6.86. The molecule has 0 spiro atoms. The summed E-state index contributed by atoms with van der Waals surface area (Å²) in [5.74, 6) is -4.53. The van der Waals surface area contributed by atoms with Gasteiger partial charge in [-0.2, -0.15) is 13.0 Å². The minimum atomic E-state index is -4.06. The van der Waals surface area contributed by atoms with Crippen molar-refractivity contribution in [2.75, 3.05) is 126 Å². The minimum absolute atomic E-state index is 0.0409. The number of nitrogens with zero attached hydrogens (tertiary/aromatic N) is 6. The molecule has 96 heavy (non-hydrogen) atoms. The highest BCUT2D eigenvalue weighted by Gasteiger charge is 2.45. The number of carboxylic acids is 3. The number of aliphatic carboxylic acids is 3. The number of hydrogen-bond donors (Lipinski definition) is 8. The first kappa shape index (κ1) is 76.0. The maximum atomic E-state index is 13.7. The molecule has 520 valence electrons. The van der Waals surface area contributed by atoms with Gasteiger partial charge in [0.15, 0.2) is 5.71 Å². The summed E-state index contributed by atoms with van der Waals surface area (Å²) in [5, 5.41) is 44.9. The number of halogens is 1. The van der Waals surface area contributed by atoms with Crippen LogP contribution in [-0.2, 0) is 54.5 Å². The number of allylic oxidation sites excluding steroid dienone is 8. The Morgan fingerprint density at radius 2 is 1.11 bits per heavy atom. The molecule has 4 amide bonds. The molecular weight excluding hydrogens is 1360 g/mol. The van der Waals surface area contributed by atoms with Crippen molar-refractivity contribution in [3.63, 3.8) is 0 Å². The molecule has 0 saturated carbocycles. The van der Waals surface area contributed by atoms with Gasteiger partial charge in [-0.25, -0.2) is 0 Å². The lowest BCUT2D eigenvalue weighted by molar-refractivity contribution is -0.438. The van der Waals surface area contributed by atoms with Gasteiger partial charge in [-0.3, -0.25) is 57.7 Å². The van der Waals surface area contributed by atoms with Gasteiger partial charge >= 0.3 is 17.9 Å². The van der Waals surface area contributed by atoms with Gasteiger partial charge in [0, 0.05) is 126 Å². The summed E-state index contributed by atoms with van der Waals surface area (Å²) in [7, 11) is -4.06. The molecule has 4 aromatic carbocycles. The van der Waals surface area contributed by atoms with Crippen molar-refractivity contribution in [2.24, 2.45) is 0 Å². The molecule has 1 fully saturated rings. The number of nitrogens with one attached hydrogen (secondary N) is 4. The summed E-state index contributed by atoms with van der Waals surface area (Å²) in [6, 6.07) is 24.6. The molecule has 0 aliphatic carbocycles. The molecule has 0 bridgehead atoms. The monoisotopic (exact) mass is 1460 g/mol. The van der Waals surface area contributed by atoms with E-state index in [1.807, 2.05) is 57.9 Å². The molecule has 1 unspecified atom stereocenters. The molecule has 1 saturated heterocycles. The molecule has 0 radical (unpaired) electrons. The van der Waals surface area contributed by atoms with Crippen molar-refractivity contribution >= 4 is 113 Å². The van der Waals surface area contributed by atoms with Crippen LogP contribution in [-0.4, -0.2) is 227 Å². The molecule has 3 aliphatic rings. The summed E-state index contributed by atoms with van der Waals surface area (Å²) in [4.78, 5) is 96.9. The highest BCUT2D eigenvalue weighted by molar-refractivity contribution is 14.1. The molecule has 7 rings (SSSR count). The highest BCUT2D eigenvalue weighted by atomic mass is 127. The topological polar surface area (TPSA) is 302 Å². The van der Waals surface area contributed by atoms with E-state index in [-0.39, 0.29) is 143 Å². The quantitative estimate of drug-likeness (QED) is 0.00591. The number of hydrogen-bond acceptors (Lipinski definition) is 14. The Morgan fingerprint density at radius 1 is 0.573 bits per heavy atom. The van der Waals surface area contributed by atoms with Crippen LogP contribution in [0.5, 0.6) is 0 Å². The van der Waals surface area contributed by atoms with Crippen molar-refractivity contribution in [2.45, 2.75) is 102 Å². The zero-order valence-electron chi connectivity index (χ0n) is 55.8.